The minimum Gasteiger partial charge on any atom is -0.479 e. The smallest absolute Gasteiger partial charge is 0.255 e. The van der Waals surface area contributed by atoms with Gasteiger partial charge in [-0.3, -0.25) is 9.69 Å². The molecule has 2 aliphatic heterocycles. The highest BCUT2D eigenvalue weighted by Gasteiger charge is 2.36. The molecule has 39 heavy (non-hydrogen) atoms. The Morgan fingerprint density at radius 3 is 2.79 bits per heavy atom. The number of nitrogens with one attached hydrogen (secondary N) is 2. The number of alkyl halides is 1. The van der Waals surface area contributed by atoms with Gasteiger partial charge in [0.25, 0.3) is 5.91 Å². The Labute approximate surface area is 223 Å². The number of methoxy groups -OCH3 is 1. The van der Waals surface area contributed by atoms with Crippen molar-refractivity contribution in [3.63, 3.8) is 0 Å². The number of fused-ring (bicyclic) bond motifs is 2. The van der Waals surface area contributed by atoms with Gasteiger partial charge in [-0.05, 0) is 38.0 Å². The van der Waals surface area contributed by atoms with Crippen molar-refractivity contribution in [2.45, 2.75) is 44.6 Å². The first-order valence-electron chi connectivity index (χ1n) is 13.0. The number of rotatable bonds is 7. The van der Waals surface area contributed by atoms with Crippen LogP contribution < -0.4 is 15.4 Å². The van der Waals surface area contributed by atoms with Crippen LogP contribution in [0.25, 0.3) is 22.2 Å². The van der Waals surface area contributed by atoms with Gasteiger partial charge in [0.2, 0.25) is 11.8 Å². The van der Waals surface area contributed by atoms with E-state index in [1.54, 1.807) is 22.8 Å². The summed E-state index contributed by atoms with van der Waals surface area (Å²) in [6, 6.07) is 3.14. The highest BCUT2D eigenvalue weighted by Crippen LogP contribution is 2.35. The maximum atomic E-state index is 15.4. The van der Waals surface area contributed by atoms with Crippen LogP contribution in [0.3, 0.4) is 0 Å². The van der Waals surface area contributed by atoms with E-state index in [2.05, 4.69) is 30.7 Å². The van der Waals surface area contributed by atoms with E-state index in [0.717, 1.165) is 6.54 Å². The van der Waals surface area contributed by atoms with E-state index in [9.17, 15) is 4.79 Å². The number of hydrogen-bond acceptors (Lipinski definition) is 8. The second kappa shape index (κ2) is 10.0. The van der Waals surface area contributed by atoms with Crippen molar-refractivity contribution in [3.8, 4) is 17.0 Å². The first-order chi connectivity index (χ1) is 18.8. The Hall–Kier alpha value is -3.84. The molecule has 0 unspecified atom stereocenters. The molecule has 6 heterocycles. The molecule has 6 rings (SSSR count). The summed E-state index contributed by atoms with van der Waals surface area (Å²) >= 11 is 0. The Balaban J connectivity index is 1.32. The van der Waals surface area contributed by atoms with Gasteiger partial charge in [0.05, 0.1) is 61.4 Å². The predicted molar refractivity (Wildman–Crippen MR) is 139 cm³/mol. The quantitative estimate of drug-likeness (QED) is 0.368. The molecule has 11 nitrogen and oxygen atoms in total. The lowest BCUT2D eigenvalue weighted by Gasteiger charge is -2.42. The number of piperidine rings is 1. The van der Waals surface area contributed by atoms with E-state index < -0.39 is 18.0 Å². The van der Waals surface area contributed by atoms with E-state index >= 15 is 8.78 Å². The van der Waals surface area contributed by atoms with Crippen LogP contribution in [0.4, 0.5) is 14.7 Å². The van der Waals surface area contributed by atoms with Gasteiger partial charge in [-0.1, -0.05) is 0 Å². The van der Waals surface area contributed by atoms with Gasteiger partial charge in [-0.25, -0.2) is 17.8 Å². The first-order valence-corrected chi connectivity index (χ1v) is 13.0. The van der Waals surface area contributed by atoms with Gasteiger partial charge in [0.15, 0.2) is 5.82 Å². The van der Waals surface area contributed by atoms with Crippen molar-refractivity contribution in [3.05, 3.63) is 42.1 Å². The molecule has 4 aromatic rings. The van der Waals surface area contributed by atoms with Crippen molar-refractivity contribution < 1.29 is 23.0 Å². The summed E-state index contributed by atoms with van der Waals surface area (Å²) in [5.74, 6) is -0.532. The monoisotopic (exact) mass is 540 g/mol. The second-order valence-electron chi connectivity index (χ2n) is 10.3. The van der Waals surface area contributed by atoms with Crippen LogP contribution in [-0.4, -0.2) is 92.7 Å². The number of halogens is 2. The average Bonchev–Trinajstić information content (AvgIpc) is 3.43. The third kappa shape index (κ3) is 4.65. The number of carbonyl (C=O) groups excluding carboxylic acids is 1. The molecule has 13 heteroatoms. The molecule has 2 atom stereocenters. The molecule has 206 valence electrons. The Kier molecular flexibility index (Phi) is 6.55. The number of carbonyl (C=O) groups is 1. The number of hydrogen-bond donors (Lipinski definition) is 2. The van der Waals surface area contributed by atoms with Crippen molar-refractivity contribution in [2.24, 2.45) is 0 Å². The Morgan fingerprint density at radius 2 is 2.10 bits per heavy atom. The van der Waals surface area contributed by atoms with Gasteiger partial charge >= 0.3 is 0 Å². The fraction of sp³-hybridized carbons (Fsp3) is 0.462. The summed E-state index contributed by atoms with van der Waals surface area (Å²) in [7, 11) is 1.44. The number of anilines is 1. The highest BCUT2D eigenvalue weighted by atomic mass is 19.1. The first kappa shape index (κ1) is 25.4. The van der Waals surface area contributed by atoms with Crippen molar-refractivity contribution in [1.29, 1.82) is 0 Å². The zero-order chi connectivity index (χ0) is 27.3. The van der Waals surface area contributed by atoms with E-state index in [1.165, 1.54) is 24.0 Å². The van der Waals surface area contributed by atoms with E-state index in [0.29, 0.717) is 48.3 Å². The maximum Gasteiger partial charge on any atom is 0.255 e. The zero-order valence-electron chi connectivity index (χ0n) is 21.9. The molecule has 1 amide bonds. The molecule has 4 aromatic heterocycles. The SMILES string of the molecule is COc1nc(N[C@H]2CCN(C3COC3)C[C@@H]2F)nn2cc(F)c(-c3ccn4ncc(C(=O)NC(C)C)c4c3)c12. The molecule has 2 aliphatic rings. The van der Waals surface area contributed by atoms with Crippen molar-refractivity contribution in [1.82, 2.24) is 34.4 Å². The minimum atomic E-state index is -1.12. The third-order valence-electron chi connectivity index (χ3n) is 7.24. The summed E-state index contributed by atoms with van der Waals surface area (Å²) < 4.78 is 44.1. The predicted octanol–water partition coefficient (Wildman–Crippen LogP) is 2.55. The molecular formula is C26H30F2N8O3. The largest absolute Gasteiger partial charge is 0.479 e. The van der Waals surface area contributed by atoms with E-state index in [1.807, 2.05) is 13.8 Å². The van der Waals surface area contributed by atoms with Crippen LogP contribution >= 0.6 is 0 Å². The van der Waals surface area contributed by atoms with Crippen LogP contribution in [-0.2, 0) is 4.74 Å². The molecule has 2 fully saturated rings. The van der Waals surface area contributed by atoms with Gasteiger partial charge in [-0.2, -0.15) is 10.1 Å². The van der Waals surface area contributed by atoms with Gasteiger partial charge in [0, 0.05) is 25.3 Å². The van der Waals surface area contributed by atoms with Crippen LogP contribution in [0.2, 0.25) is 0 Å². The fourth-order valence-corrected chi connectivity index (χ4v) is 5.17. The number of pyridine rings is 1. The third-order valence-corrected chi connectivity index (χ3v) is 7.24. The molecular weight excluding hydrogens is 510 g/mol. The lowest BCUT2D eigenvalue weighted by Crippen LogP contribution is -2.57. The number of amides is 1. The molecule has 2 N–H and O–H groups in total. The Bertz CT molecular complexity index is 1530. The molecule has 0 bridgehead atoms. The van der Waals surface area contributed by atoms with E-state index in [4.69, 9.17) is 9.47 Å². The standard InChI is InChI=1S/C26H30F2N8O3/c1-14(2)30-24(37)17-9-29-35-7-4-15(8-21(17)35)22-19(28)11-36-23(22)25(38-3)32-26(33-36)31-20-5-6-34(10-18(20)27)16-12-39-13-16/h4,7-9,11,14,16,18,20H,5-6,10,12-13H2,1-3H3,(H,30,37)(H,31,33)/t18-,20-/m0/s1. The summed E-state index contributed by atoms with van der Waals surface area (Å²) in [4.78, 5) is 19.2. The molecule has 0 spiro atoms. The molecule has 0 aromatic carbocycles. The highest BCUT2D eigenvalue weighted by molar-refractivity contribution is 6.01. The molecule has 0 radical (unpaired) electrons. The van der Waals surface area contributed by atoms with Crippen molar-refractivity contribution >= 4 is 22.9 Å². The van der Waals surface area contributed by atoms with Gasteiger partial charge in [-0.15, -0.1) is 5.10 Å². The van der Waals surface area contributed by atoms with Crippen LogP contribution in [0.1, 0.15) is 30.6 Å². The number of ether oxygens (including phenoxy) is 2. The topological polar surface area (TPSA) is 110 Å². The van der Waals surface area contributed by atoms with Gasteiger partial charge in [0.1, 0.15) is 11.7 Å². The normalized spacial score (nSPS) is 20.5. The zero-order valence-corrected chi connectivity index (χ0v) is 21.9. The molecule has 2 saturated heterocycles. The summed E-state index contributed by atoms with van der Waals surface area (Å²) in [5, 5.41) is 14.6. The number of likely N-dealkylation sites (tertiary alicyclic amines) is 1. The fourth-order valence-electron chi connectivity index (χ4n) is 5.17. The molecule has 0 saturated carbocycles. The second-order valence-corrected chi connectivity index (χ2v) is 10.3. The number of aromatic nitrogens is 5. The van der Waals surface area contributed by atoms with Crippen LogP contribution in [0.15, 0.2) is 30.7 Å². The summed E-state index contributed by atoms with van der Waals surface area (Å²) in [6.07, 6.45) is 3.83. The summed E-state index contributed by atoms with van der Waals surface area (Å²) in [6.45, 7) is 6.07. The van der Waals surface area contributed by atoms with Crippen LogP contribution in [0, 0.1) is 5.82 Å². The van der Waals surface area contributed by atoms with Gasteiger partial charge < -0.3 is 20.1 Å². The van der Waals surface area contributed by atoms with E-state index in [-0.39, 0.29) is 35.4 Å². The number of nitrogens with zero attached hydrogens (tertiary/aromatic N) is 6. The lowest BCUT2D eigenvalue weighted by molar-refractivity contribution is -0.0794. The van der Waals surface area contributed by atoms with Crippen LogP contribution in [0.5, 0.6) is 5.88 Å². The summed E-state index contributed by atoms with van der Waals surface area (Å²) in [5.41, 5.74) is 1.93. The molecule has 0 aliphatic carbocycles. The minimum absolute atomic E-state index is 0.0507. The maximum absolute atomic E-state index is 15.4. The lowest BCUT2D eigenvalue weighted by atomic mass is 10.0. The van der Waals surface area contributed by atoms with Crippen molar-refractivity contribution in [2.75, 3.05) is 38.7 Å². The Morgan fingerprint density at radius 1 is 1.28 bits per heavy atom. The average molecular weight is 541 g/mol.